The first kappa shape index (κ1) is 18.6. The third kappa shape index (κ3) is 3.97. The minimum Gasteiger partial charge on any atom is -0.298 e. The molecule has 7 nitrogen and oxygen atoms in total. The van der Waals surface area contributed by atoms with Crippen molar-refractivity contribution in [3.63, 3.8) is 0 Å². The van der Waals surface area contributed by atoms with Crippen molar-refractivity contribution in [1.29, 1.82) is 0 Å². The van der Waals surface area contributed by atoms with E-state index in [4.69, 9.17) is 0 Å². The monoisotopic (exact) mass is 364 g/mol. The third-order valence-corrected chi connectivity index (χ3v) is 4.42. The van der Waals surface area contributed by atoms with Gasteiger partial charge in [0.25, 0.3) is 0 Å². The summed E-state index contributed by atoms with van der Waals surface area (Å²) in [6, 6.07) is 9.66. The van der Waals surface area contributed by atoms with Crippen LogP contribution in [0.1, 0.15) is 37.7 Å². The van der Waals surface area contributed by atoms with Crippen LogP contribution in [0.5, 0.6) is 0 Å². The van der Waals surface area contributed by atoms with Crippen LogP contribution in [0.25, 0.3) is 5.69 Å². The number of hydrazine groups is 1. The molecule has 140 valence electrons. The fraction of sp³-hybridized carbons (Fsp3) is 0.300. The smallest absolute Gasteiger partial charge is 0.298 e. The molecule has 0 radical (unpaired) electrons. The second kappa shape index (κ2) is 8.44. The highest BCUT2D eigenvalue weighted by molar-refractivity contribution is 5.48. The maximum Gasteiger partial charge on any atom is 0.356 e. The molecule has 0 amide bonds. The molecule has 0 aliphatic carbocycles. The van der Waals surface area contributed by atoms with Gasteiger partial charge in [-0.25, -0.2) is 9.36 Å². The second-order valence-corrected chi connectivity index (χ2v) is 6.04. The van der Waals surface area contributed by atoms with Gasteiger partial charge in [-0.1, -0.05) is 32.9 Å². The quantitative estimate of drug-likeness (QED) is 0.627. The summed E-state index contributed by atoms with van der Waals surface area (Å²) < 4.78 is 1.62. The van der Waals surface area contributed by atoms with Gasteiger partial charge in [0.15, 0.2) is 0 Å². The topological polar surface area (TPSA) is 84.7 Å². The Morgan fingerprint density at radius 3 is 2.37 bits per heavy atom. The highest BCUT2D eigenvalue weighted by Crippen LogP contribution is 2.20. The Kier molecular flexibility index (Phi) is 5.80. The Balaban J connectivity index is 2.00. The van der Waals surface area contributed by atoms with Gasteiger partial charge < -0.3 is 0 Å². The molecule has 0 spiro atoms. The number of hydrogen-bond acceptors (Lipinski definition) is 6. The van der Waals surface area contributed by atoms with Crippen LogP contribution in [-0.4, -0.2) is 19.5 Å². The molecule has 0 unspecified atom stereocenters. The van der Waals surface area contributed by atoms with E-state index >= 15 is 0 Å². The molecule has 2 aromatic heterocycles. The van der Waals surface area contributed by atoms with E-state index < -0.39 is 0 Å². The van der Waals surface area contributed by atoms with Crippen LogP contribution >= 0.6 is 0 Å². The fourth-order valence-corrected chi connectivity index (χ4v) is 3.12. The van der Waals surface area contributed by atoms with Gasteiger partial charge in [-0.2, -0.15) is 9.97 Å². The lowest BCUT2D eigenvalue weighted by Gasteiger charge is -2.17. The summed E-state index contributed by atoms with van der Waals surface area (Å²) in [6.07, 6.45) is 5.73. The number of nitrogens with one attached hydrogen (secondary N) is 2. The molecular formula is C20H24N6O. The first-order valence-corrected chi connectivity index (χ1v) is 9.21. The molecule has 2 N–H and O–H groups in total. The van der Waals surface area contributed by atoms with E-state index in [1.165, 1.54) is 5.56 Å². The number of hydrogen-bond donors (Lipinski definition) is 2. The number of aromatic nitrogens is 4. The van der Waals surface area contributed by atoms with E-state index in [2.05, 4.69) is 45.7 Å². The van der Waals surface area contributed by atoms with Crippen LogP contribution < -0.4 is 16.5 Å². The molecule has 2 heterocycles. The fourth-order valence-electron chi connectivity index (χ4n) is 3.12. The Bertz CT molecular complexity index is 968. The Hall–Kier alpha value is -3.22. The molecule has 27 heavy (non-hydrogen) atoms. The predicted molar refractivity (Wildman–Crippen MR) is 107 cm³/mol. The molecule has 0 saturated carbocycles. The molecule has 0 bridgehead atoms. The summed E-state index contributed by atoms with van der Waals surface area (Å²) in [6.45, 7) is 6.20. The van der Waals surface area contributed by atoms with Crippen molar-refractivity contribution >= 4 is 11.6 Å². The Morgan fingerprint density at radius 1 is 0.926 bits per heavy atom. The number of aryl methyl sites for hydroxylation is 2. The minimum atomic E-state index is -0.344. The van der Waals surface area contributed by atoms with Crippen LogP contribution in [0.3, 0.4) is 0 Å². The van der Waals surface area contributed by atoms with Crippen molar-refractivity contribution in [1.82, 2.24) is 19.5 Å². The molecule has 3 rings (SSSR count). The van der Waals surface area contributed by atoms with Gasteiger partial charge in [0.1, 0.15) is 5.82 Å². The van der Waals surface area contributed by atoms with E-state index in [-0.39, 0.29) is 11.6 Å². The first-order chi connectivity index (χ1) is 13.2. The van der Waals surface area contributed by atoms with Gasteiger partial charge in [0, 0.05) is 18.8 Å². The van der Waals surface area contributed by atoms with Crippen molar-refractivity contribution in [3.8, 4) is 5.69 Å². The molecule has 7 heteroatoms. The normalized spacial score (nSPS) is 10.6. The highest BCUT2D eigenvalue weighted by Gasteiger charge is 2.15. The summed E-state index contributed by atoms with van der Waals surface area (Å²) in [4.78, 5) is 25.4. The lowest BCUT2D eigenvalue weighted by molar-refractivity contribution is 0.763. The molecule has 3 aromatic rings. The lowest BCUT2D eigenvalue weighted by atomic mass is 10.0. The minimum absolute atomic E-state index is 0.245. The van der Waals surface area contributed by atoms with Crippen molar-refractivity contribution in [3.05, 3.63) is 70.2 Å². The second-order valence-electron chi connectivity index (χ2n) is 6.04. The van der Waals surface area contributed by atoms with Crippen molar-refractivity contribution in [2.45, 2.75) is 40.0 Å². The highest BCUT2D eigenvalue weighted by atomic mass is 16.1. The molecule has 0 aliphatic heterocycles. The average Bonchev–Trinajstić information content (AvgIpc) is 2.71. The van der Waals surface area contributed by atoms with E-state index in [1.54, 1.807) is 29.1 Å². The zero-order valence-electron chi connectivity index (χ0n) is 15.9. The Morgan fingerprint density at radius 2 is 1.70 bits per heavy atom. The summed E-state index contributed by atoms with van der Waals surface area (Å²) in [7, 11) is 0. The van der Waals surface area contributed by atoms with E-state index in [1.807, 2.05) is 19.1 Å². The predicted octanol–water partition coefficient (Wildman–Crippen LogP) is 3.15. The molecule has 0 fully saturated rings. The van der Waals surface area contributed by atoms with Crippen LogP contribution in [-0.2, 0) is 19.3 Å². The van der Waals surface area contributed by atoms with Gasteiger partial charge in [-0.05, 0) is 42.2 Å². The number of nitrogens with zero attached hydrogens (tertiary/aromatic N) is 4. The maximum absolute atomic E-state index is 12.8. The lowest BCUT2D eigenvalue weighted by Crippen LogP contribution is -2.29. The van der Waals surface area contributed by atoms with E-state index in [0.717, 1.165) is 29.8 Å². The molecular weight excluding hydrogens is 340 g/mol. The summed E-state index contributed by atoms with van der Waals surface area (Å²) in [5, 5.41) is 0. The number of pyridine rings is 1. The van der Waals surface area contributed by atoms with Crippen molar-refractivity contribution < 1.29 is 0 Å². The van der Waals surface area contributed by atoms with Gasteiger partial charge in [0.05, 0.1) is 11.4 Å². The van der Waals surface area contributed by atoms with Crippen LogP contribution in [0.4, 0.5) is 11.6 Å². The van der Waals surface area contributed by atoms with Crippen molar-refractivity contribution in [2.75, 3.05) is 10.9 Å². The zero-order chi connectivity index (χ0) is 19.2. The molecule has 1 aromatic carbocycles. The standard InChI is InChI=1S/C20H24N6O/c1-4-14-8-7-9-17(16(14)5-2)26-18(6-3)22-19(23-20(26)27)25-24-15-10-12-21-13-11-15/h7-13H,4-6H2,1-3H3,(H,21,24)(H,23,25,27). The largest absolute Gasteiger partial charge is 0.356 e. The zero-order valence-corrected chi connectivity index (χ0v) is 15.9. The molecule has 0 aliphatic rings. The molecule has 0 saturated heterocycles. The summed E-state index contributed by atoms with van der Waals surface area (Å²) >= 11 is 0. The van der Waals surface area contributed by atoms with Crippen LogP contribution in [0.15, 0.2) is 47.5 Å². The number of rotatable bonds is 7. The Labute approximate surface area is 158 Å². The summed E-state index contributed by atoms with van der Waals surface area (Å²) in [5.74, 6) is 0.909. The van der Waals surface area contributed by atoms with Crippen LogP contribution in [0.2, 0.25) is 0 Å². The third-order valence-electron chi connectivity index (χ3n) is 4.42. The van der Waals surface area contributed by atoms with Gasteiger partial charge in [-0.3, -0.25) is 15.8 Å². The number of benzene rings is 1. The van der Waals surface area contributed by atoms with E-state index in [0.29, 0.717) is 12.2 Å². The first-order valence-electron chi connectivity index (χ1n) is 9.21. The molecule has 0 atom stereocenters. The van der Waals surface area contributed by atoms with E-state index in [9.17, 15) is 4.79 Å². The van der Waals surface area contributed by atoms with Gasteiger partial charge in [0.2, 0.25) is 5.95 Å². The van der Waals surface area contributed by atoms with Gasteiger partial charge in [-0.15, -0.1) is 0 Å². The van der Waals surface area contributed by atoms with Gasteiger partial charge >= 0.3 is 5.69 Å². The summed E-state index contributed by atoms with van der Waals surface area (Å²) in [5.41, 5.74) is 9.60. The van der Waals surface area contributed by atoms with Crippen molar-refractivity contribution in [2.24, 2.45) is 0 Å². The average molecular weight is 364 g/mol. The number of anilines is 2. The van der Waals surface area contributed by atoms with Crippen LogP contribution in [0, 0.1) is 0 Å². The SMILES string of the molecule is CCc1cccc(-n2c(CC)nc(NNc3ccncc3)nc2=O)c1CC. The maximum atomic E-state index is 12.8.